The van der Waals surface area contributed by atoms with E-state index in [2.05, 4.69) is 0 Å². The minimum absolute atomic E-state index is 0.0427. The molecule has 1 saturated heterocycles. The van der Waals surface area contributed by atoms with Crippen LogP contribution < -0.4 is 0 Å². The van der Waals surface area contributed by atoms with Gasteiger partial charge in [0.05, 0.1) is 0 Å². The molecule has 1 aliphatic heterocycles. The largest absolute Gasteiger partial charge is 0.481 e. The predicted molar refractivity (Wildman–Crippen MR) is 59.1 cm³/mol. The summed E-state index contributed by atoms with van der Waals surface area (Å²) in [5.74, 6) is -1.11. The first-order valence-electron chi connectivity index (χ1n) is 6.30. The predicted octanol–water partition coefficient (Wildman–Crippen LogP) is 2.51. The maximum Gasteiger partial charge on any atom is 0.406 e. The molecule has 3 nitrogen and oxygen atoms in total. The van der Waals surface area contributed by atoms with Gasteiger partial charge in [-0.3, -0.25) is 9.69 Å². The van der Waals surface area contributed by atoms with Crippen LogP contribution in [0, 0.1) is 11.3 Å². The Kier molecular flexibility index (Phi) is 3.34. The fourth-order valence-electron chi connectivity index (χ4n) is 2.73. The Hall–Kier alpha value is -0.780. The number of hydrogen-bond donors (Lipinski definition) is 1. The van der Waals surface area contributed by atoms with Gasteiger partial charge in [0.15, 0.2) is 5.41 Å². The number of likely N-dealkylation sites (tertiary alicyclic amines) is 1. The summed E-state index contributed by atoms with van der Waals surface area (Å²) in [4.78, 5) is 12.7. The Labute approximate surface area is 104 Å². The third kappa shape index (κ3) is 2.35. The van der Waals surface area contributed by atoms with Crippen LogP contribution in [0.4, 0.5) is 13.2 Å². The van der Waals surface area contributed by atoms with Crippen molar-refractivity contribution >= 4 is 5.97 Å². The molecule has 2 aliphatic rings. The number of aliphatic carboxylic acids is 1. The van der Waals surface area contributed by atoms with Crippen molar-refractivity contribution in [1.82, 2.24) is 4.90 Å². The van der Waals surface area contributed by atoms with Gasteiger partial charge < -0.3 is 5.11 Å². The van der Waals surface area contributed by atoms with E-state index in [-0.39, 0.29) is 19.0 Å². The van der Waals surface area contributed by atoms with Gasteiger partial charge in [0.2, 0.25) is 0 Å². The fourth-order valence-corrected chi connectivity index (χ4v) is 2.73. The standard InChI is InChI=1S/C12H18F3NO2/c1-8(6-9-2-3-9)16-5-4-11(7-16,10(17)18)12(13,14)15/h8-9H,2-7H2,1H3,(H,17,18). The smallest absolute Gasteiger partial charge is 0.406 e. The quantitative estimate of drug-likeness (QED) is 0.849. The molecule has 0 spiro atoms. The van der Waals surface area contributed by atoms with E-state index in [0.717, 1.165) is 19.3 Å². The maximum atomic E-state index is 13.0. The van der Waals surface area contributed by atoms with E-state index in [9.17, 15) is 18.0 Å². The molecular formula is C12H18F3NO2. The van der Waals surface area contributed by atoms with Crippen LogP contribution >= 0.6 is 0 Å². The number of hydrogen-bond acceptors (Lipinski definition) is 2. The average Bonchev–Trinajstić information content (AvgIpc) is 2.92. The first kappa shape index (κ1) is 13.6. The van der Waals surface area contributed by atoms with Crippen LogP contribution in [-0.2, 0) is 4.79 Å². The molecule has 104 valence electrons. The monoisotopic (exact) mass is 265 g/mol. The average molecular weight is 265 g/mol. The van der Waals surface area contributed by atoms with Gasteiger partial charge in [-0.25, -0.2) is 0 Å². The molecule has 1 aliphatic carbocycles. The number of alkyl halides is 3. The number of carboxylic acid groups (broad SMARTS) is 1. The fraction of sp³-hybridized carbons (Fsp3) is 0.917. The summed E-state index contributed by atoms with van der Waals surface area (Å²) >= 11 is 0. The molecule has 1 heterocycles. The molecule has 2 atom stereocenters. The van der Waals surface area contributed by atoms with Crippen molar-refractivity contribution in [3.05, 3.63) is 0 Å². The number of carbonyl (C=O) groups is 1. The molecular weight excluding hydrogens is 247 g/mol. The van der Waals surface area contributed by atoms with Crippen LogP contribution in [0.15, 0.2) is 0 Å². The van der Waals surface area contributed by atoms with Gasteiger partial charge in [0, 0.05) is 12.6 Å². The minimum Gasteiger partial charge on any atom is -0.481 e. The molecule has 1 saturated carbocycles. The lowest BCUT2D eigenvalue weighted by molar-refractivity contribution is -0.227. The Morgan fingerprint density at radius 3 is 2.50 bits per heavy atom. The molecule has 0 amide bonds. The summed E-state index contributed by atoms with van der Waals surface area (Å²) < 4.78 is 38.9. The lowest BCUT2D eigenvalue weighted by Crippen LogP contribution is -2.48. The zero-order valence-electron chi connectivity index (χ0n) is 10.3. The van der Waals surface area contributed by atoms with Crippen molar-refractivity contribution in [2.24, 2.45) is 11.3 Å². The van der Waals surface area contributed by atoms with Gasteiger partial charge in [-0.1, -0.05) is 12.8 Å². The zero-order chi connectivity index (χ0) is 13.6. The van der Waals surface area contributed by atoms with Crippen molar-refractivity contribution in [2.45, 2.75) is 44.8 Å². The van der Waals surface area contributed by atoms with Gasteiger partial charge in [0.25, 0.3) is 0 Å². The lowest BCUT2D eigenvalue weighted by atomic mass is 9.86. The summed E-state index contributed by atoms with van der Waals surface area (Å²) in [5.41, 5.74) is -2.56. The summed E-state index contributed by atoms with van der Waals surface area (Å²) in [7, 11) is 0. The highest BCUT2D eigenvalue weighted by Gasteiger charge is 2.63. The van der Waals surface area contributed by atoms with E-state index in [4.69, 9.17) is 5.11 Å². The van der Waals surface area contributed by atoms with E-state index < -0.39 is 24.1 Å². The first-order chi connectivity index (χ1) is 8.26. The summed E-state index contributed by atoms with van der Waals surface area (Å²) in [5, 5.41) is 8.95. The molecule has 1 N–H and O–H groups in total. The molecule has 0 aromatic rings. The van der Waals surface area contributed by atoms with Gasteiger partial charge in [-0.2, -0.15) is 13.2 Å². The molecule has 6 heteroatoms. The second-order valence-corrected chi connectivity index (χ2v) is 5.63. The molecule has 0 aromatic heterocycles. The normalized spacial score (nSPS) is 31.6. The van der Waals surface area contributed by atoms with Crippen LogP contribution in [-0.4, -0.2) is 41.3 Å². The van der Waals surface area contributed by atoms with Crippen molar-refractivity contribution in [1.29, 1.82) is 0 Å². The SMILES string of the molecule is CC(CC1CC1)N1CCC(C(=O)O)(C(F)(F)F)C1. The Morgan fingerprint density at radius 1 is 1.50 bits per heavy atom. The summed E-state index contributed by atoms with van der Waals surface area (Å²) in [6.45, 7) is 1.71. The molecule has 2 unspecified atom stereocenters. The van der Waals surface area contributed by atoms with E-state index in [1.165, 1.54) is 0 Å². The Morgan fingerprint density at radius 2 is 2.11 bits per heavy atom. The van der Waals surface area contributed by atoms with Crippen molar-refractivity contribution in [3.8, 4) is 0 Å². The highest BCUT2D eigenvalue weighted by molar-refractivity contribution is 5.76. The van der Waals surface area contributed by atoms with Crippen molar-refractivity contribution in [3.63, 3.8) is 0 Å². The highest BCUT2D eigenvalue weighted by Crippen LogP contribution is 2.47. The molecule has 0 bridgehead atoms. The molecule has 2 fully saturated rings. The Bertz CT molecular complexity index is 341. The first-order valence-corrected chi connectivity index (χ1v) is 6.30. The highest BCUT2D eigenvalue weighted by atomic mass is 19.4. The zero-order valence-corrected chi connectivity index (χ0v) is 10.3. The number of nitrogens with zero attached hydrogens (tertiary/aromatic N) is 1. The third-order valence-corrected chi connectivity index (χ3v) is 4.25. The number of carboxylic acids is 1. The van der Waals surface area contributed by atoms with E-state index in [1.54, 1.807) is 4.90 Å². The van der Waals surface area contributed by atoms with E-state index in [0.29, 0.717) is 5.92 Å². The van der Waals surface area contributed by atoms with Gasteiger partial charge >= 0.3 is 12.1 Å². The van der Waals surface area contributed by atoms with Gasteiger partial charge in [-0.05, 0) is 32.2 Å². The molecule has 0 radical (unpaired) electrons. The van der Waals surface area contributed by atoms with Gasteiger partial charge in [0.1, 0.15) is 0 Å². The maximum absolute atomic E-state index is 13.0. The summed E-state index contributed by atoms with van der Waals surface area (Å²) in [6, 6.07) is 0.0427. The van der Waals surface area contributed by atoms with Crippen LogP contribution in [0.1, 0.15) is 32.6 Å². The second kappa shape index (κ2) is 4.40. The van der Waals surface area contributed by atoms with E-state index in [1.807, 2.05) is 6.92 Å². The van der Waals surface area contributed by atoms with Crippen LogP contribution in [0.3, 0.4) is 0 Å². The molecule has 18 heavy (non-hydrogen) atoms. The summed E-state index contributed by atoms with van der Waals surface area (Å²) in [6.07, 6.45) is -1.82. The topological polar surface area (TPSA) is 40.5 Å². The van der Waals surface area contributed by atoms with E-state index >= 15 is 0 Å². The molecule has 2 rings (SSSR count). The Balaban J connectivity index is 2.05. The van der Waals surface area contributed by atoms with Crippen LogP contribution in [0.2, 0.25) is 0 Å². The number of rotatable bonds is 4. The van der Waals surface area contributed by atoms with Crippen molar-refractivity contribution in [2.75, 3.05) is 13.1 Å². The van der Waals surface area contributed by atoms with Crippen LogP contribution in [0.5, 0.6) is 0 Å². The molecule has 0 aromatic carbocycles. The number of halogens is 3. The van der Waals surface area contributed by atoms with Crippen LogP contribution in [0.25, 0.3) is 0 Å². The second-order valence-electron chi connectivity index (χ2n) is 5.63. The van der Waals surface area contributed by atoms with Gasteiger partial charge in [-0.15, -0.1) is 0 Å². The lowest BCUT2D eigenvalue weighted by Gasteiger charge is -2.29. The van der Waals surface area contributed by atoms with Crippen molar-refractivity contribution < 1.29 is 23.1 Å². The minimum atomic E-state index is -4.67. The third-order valence-electron chi connectivity index (χ3n) is 4.25.